The number of aliphatic hydroxyl groups is 4. The molecule has 7 atom stereocenters. The molecular formula is C37H68O7. The zero-order valence-electron chi connectivity index (χ0n) is 28.3. The predicted octanol–water partition coefficient (Wildman–Crippen LogP) is 7.84. The first-order chi connectivity index (χ1) is 21.3. The zero-order valence-corrected chi connectivity index (χ0v) is 28.3. The lowest BCUT2D eigenvalue weighted by Gasteiger charge is -2.23. The third-order valence-corrected chi connectivity index (χ3v) is 9.62. The molecule has 0 aromatic rings. The molecule has 0 saturated carbocycles. The van der Waals surface area contributed by atoms with Crippen LogP contribution in [0.1, 0.15) is 174 Å². The molecule has 0 bridgehead atoms. The molecule has 44 heavy (non-hydrogen) atoms. The highest BCUT2D eigenvalue weighted by atomic mass is 16.5. The summed E-state index contributed by atoms with van der Waals surface area (Å²) in [5.41, 5.74) is 0.696. The van der Waals surface area contributed by atoms with Crippen molar-refractivity contribution in [3.05, 3.63) is 11.6 Å². The molecule has 1 fully saturated rings. The lowest BCUT2D eigenvalue weighted by molar-refractivity contribution is -0.139. The fourth-order valence-corrected chi connectivity index (χ4v) is 6.76. The molecule has 0 aromatic heterocycles. The van der Waals surface area contributed by atoms with E-state index >= 15 is 0 Å². The van der Waals surface area contributed by atoms with Gasteiger partial charge in [-0.25, -0.2) is 4.79 Å². The van der Waals surface area contributed by atoms with E-state index in [0.29, 0.717) is 31.3 Å². The average Bonchev–Trinajstić information content (AvgIpc) is 3.62. The average molecular weight is 625 g/mol. The minimum atomic E-state index is -0.679. The van der Waals surface area contributed by atoms with Crippen LogP contribution in [0.25, 0.3) is 0 Å². The summed E-state index contributed by atoms with van der Waals surface area (Å²) < 4.78 is 11.1. The van der Waals surface area contributed by atoms with Crippen LogP contribution in [0.15, 0.2) is 11.6 Å². The van der Waals surface area contributed by atoms with E-state index in [0.717, 1.165) is 77.0 Å². The first-order valence-corrected chi connectivity index (χ1v) is 18.6. The standard InChI is InChI=1S/C37H68O7/c1-3-4-5-6-7-8-9-13-16-19-22-33(40)35-25-26-36(44-35)34(41)28-32(39)21-18-15-12-10-11-14-17-20-31(38)24-23-30-27-29(2)43-37(30)42/h27,29,31-36,38-41H,3-26,28H2,1-2H3/t29-,31?,32?,33-,34-,35-,36-/m0/s1. The molecule has 1 saturated heterocycles. The highest BCUT2D eigenvalue weighted by Gasteiger charge is 2.35. The number of cyclic esters (lactones) is 1. The van der Waals surface area contributed by atoms with Crippen LogP contribution in [-0.2, 0) is 14.3 Å². The third kappa shape index (κ3) is 17.6. The van der Waals surface area contributed by atoms with E-state index in [4.69, 9.17) is 9.47 Å². The molecule has 0 spiro atoms. The van der Waals surface area contributed by atoms with Crippen molar-refractivity contribution < 1.29 is 34.7 Å². The van der Waals surface area contributed by atoms with Crippen molar-refractivity contribution in [1.29, 1.82) is 0 Å². The molecule has 2 aliphatic heterocycles. The van der Waals surface area contributed by atoms with Gasteiger partial charge in [0.05, 0.1) is 36.6 Å². The Bertz CT molecular complexity index is 756. The Morgan fingerprint density at radius 2 is 1.14 bits per heavy atom. The number of aliphatic hydroxyl groups excluding tert-OH is 4. The second-order valence-electron chi connectivity index (χ2n) is 13.8. The van der Waals surface area contributed by atoms with Crippen LogP contribution >= 0.6 is 0 Å². The number of carbonyl (C=O) groups excluding carboxylic acids is 1. The van der Waals surface area contributed by atoms with Gasteiger partial charge >= 0.3 is 5.97 Å². The van der Waals surface area contributed by atoms with Crippen molar-refractivity contribution in [1.82, 2.24) is 0 Å². The summed E-state index contributed by atoms with van der Waals surface area (Å²) in [6.45, 7) is 4.10. The van der Waals surface area contributed by atoms with Crippen molar-refractivity contribution in [2.24, 2.45) is 0 Å². The van der Waals surface area contributed by atoms with Gasteiger partial charge in [0.15, 0.2) is 0 Å². The number of rotatable bonds is 28. The second kappa shape index (κ2) is 24.2. The monoisotopic (exact) mass is 624 g/mol. The molecular weight excluding hydrogens is 556 g/mol. The van der Waals surface area contributed by atoms with Crippen LogP contribution in [0, 0.1) is 0 Å². The number of ether oxygens (including phenoxy) is 2. The Morgan fingerprint density at radius 3 is 1.66 bits per heavy atom. The van der Waals surface area contributed by atoms with Gasteiger partial charge in [0.1, 0.15) is 6.10 Å². The minimum absolute atomic E-state index is 0.145. The third-order valence-electron chi connectivity index (χ3n) is 9.62. The first-order valence-electron chi connectivity index (χ1n) is 18.6. The molecule has 0 amide bonds. The maximum atomic E-state index is 11.6. The minimum Gasteiger partial charge on any atom is -0.455 e. The van der Waals surface area contributed by atoms with E-state index < -0.39 is 18.3 Å². The molecule has 2 heterocycles. The van der Waals surface area contributed by atoms with E-state index in [1.54, 1.807) is 0 Å². The zero-order chi connectivity index (χ0) is 32.0. The molecule has 2 aliphatic rings. The lowest BCUT2D eigenvalue weighted by atomic mass is 9.98. The molecule has 7 heteroatoms. The summed E-state index contributed by atoms with van der Waals surface area (Å²) in [4.78, 5) is 11.6. The number of hydrogen-bond acceptors (Lipinski definition) is 7. The number of carbonyl (C=O) groups is 1. The van der Waals surface area contributed by atoms with Gasteiger partial charge in [0, 0.05) is 12.0 Å². The second-order valence-corrected chi connectivity index (χ2v) is 13.8. The molecule has 0 aromatic carbocycles. The first kappa shape index (κ1) is 39.2. The van der Waals surface area contributed by atoms with E-state index in [2.05, 4.69) is 6.92 Å². The van der Waals surface area contributed by atoms with Crippen LogP contribution in [0.5, 0.6) is 0 Å². The van der Waals surface area contributed by atoms with Crippen molar-refractivity contribution >= 4 is 5.97 Å². The van der Waals surface area contributed by atoms with Crippen molar-refractivity contribution in [2.75, 3.05) is 0 Å². The fourth-order valence-electron chi connectivity index (χ4n) is 6.76. The van der Waals surface area contributed by atoms with Gasteiger partial charge < -0.3 is 29.9 Å². The SMILES string of the molecule is CCCCCCCCCCCC[C@H](O)[C@@H]1CC[C@@H]([C@@H](O)CC(O)CCCCCCCCCC(O)CCC2=C[C@H](C)OC2=O)O1. The highest BCUT2D eigenvalue weighted by Crippen LogP contribution is 2.29. The van der Waals surface area contributed by atoms with E-state index in [-0.39, 0.29) is 30.4 Å². The van der Waals surface area contributed by atoms with E-state index in [1.165, 1.54) is 57.8 Å². The fraction of sp³-hybridized carbons (Fsp3) is 0.919. The van der Waals surface area contributed by atoms with Gasteiger partial charge in [-0.2, -0.15) is 0 Å². The Balaban J connectivity index is 1.39. The smallest absolute Gasteiger partial charge is 0.334 e. The number of esters is 1. The Kier molecular flexibility index (Phi) is 21.6. The maximum absolute atomic E-state index is 11.6. The lowest BCUT2D eigenvalue weighted by Crippen LogP contribution is -2.33. The van der Waals surface area contributed by atoms with Crippen molar-refractivity contribution in [2.45, 2.75) is 217 Å². The van der Waals surface area contributed by atoms with Crippen LogP contribution in [-0.4, -0.2) is 69.1 Å². The summed E-state index contributed by atoms with van der Waals surface area (Å²) in [7, 11) is 0. The van der Waals surface area contributed by atoms with Crippen LogP contribution in [0.3, 0.4) is 0 Å². The molecule has 258 valence electrons. The molecule has 4 N–H and O–H groups in total. The largest absolute Gasteiger partial charge is 0.455 e. The van der Waals surface area contributed by atoms with Crippen LogP contribution in [0.4, 0.5) is 0 Å². The molecule has 0 aliphatic carbocycles. The Morgan fingerprint density at radius 1 is 0.659 bits per heavy atom. The summed E-state index contributed by atoms with van der Waals surface area (Å²) in [5.74, 6) is -0.240. The molecule has 2 rings (SSSR count). The molecule has 2 unspecified atom stereocenters. The Labute approximate surface area is 269 Å². The van der Waals surface area contributed by atoms with Crippen LogP contribution in [0.2, 0.25) is 0 Å². The van der Waals surface area contributed by atoms with E-state index in [1.807, 2.05) is 13.0 Å². The van der Waals surface area contributed by atoms with Gasteiger partial charge in [-0.15, -0.1) is 0 Å². The van der Waals surface area contributed by atoms with Gasteiger partial charge in [0.2, 0.25) is 0 Å². The summed E-state index contributed by atoms with van der Waals surface area (Å²) in [5, 5.41) is 41.9. The normalized spacial score (nSPS) is 23.0. The summed E-state index contributed by atoms with van der Waals surface area (Å²) in [6, 6.07) is 0. The topological polar surface area (TPSA) is 116 Å². The van der Waals surface area contributed by atoms with Gasteiger partial charge in [-0.1, -0.05) is 116 Å². The Hall–Kier alpha value is -0.990. The predicted molar refractivity (Wildman–Crippen MR) is 177 cm³/mol. The number of hydrogen-bond donors (Lipinski definition) is 4. The maximum Gasteiger partial charge on any atom is 0.334 e. The molecule has 0 radical (unpaired) electrons. The number of unbranched alkanes of at least 4 members (excludes halogenated alkanes) is 15. The van der Waals surface area contributed by atoms with Gasteiger partial charge in [0.25, 0.3) is 0 Å². The van der Waals surface area contributed by atoms with E-state index in [9.17, 15) is 25.2 Å². The molecule has 7 nitrogen and oxygen atoms in total. The summed E-state index contributed by atoms with van der Waals surface area (Å²) >= 11 is 0. The van der Waals surface area contributed by atoms with Crippen molar-refractivity contribution in [3.63, 3.8) is 0 Å². The highest BCUT2D eigenvalue weighted by molar-refractivity contribution is 5.90. The van der Waals surface area contributed by atoms with Gasteiger partial charge in [-0.05, 0) is 57.9 Å². The van der Waals surface area contributed by atoms with Crippen molar-refractivity contribution in [3.8, 4) is 0 Å². The summed E-state index contributed by atoms with van der Waals surface area (Å²) in [6.07, 6.45) is 24.9. The van der Waals surface area contributed by atoms with Gasteiger partial charge in [-0.3, -0.25) is 0 Å². The quantitative estimate of drug-likeness (QED) is 0.0518. The van der Waals surface area contributed by atoms with Crippen LogP contribution < -0.4 is 0 Å².